The topological polar surface area (TPSA) is 42.4 Å². The number of rotatable bonds is 4. The summed E-state index contributed by atoms with van der Waals surface area (Å²) in [6, 6.07) is 14.0. The molecule has 0 bridgehead atoms. The Morgan fingerprint density at radius 3 is 2.86 bits per heavy atom. The third kappa shape index (κ3) is 3.11. The normalized spacial score (nSPS) is 17.5. The minimum absolute atomic E-state index is 0.0805. The van der Waals surface area contributed by atoms with E-state index < -0.39 is 0 Å². The maximum absolute atomic E-state index is 11.8. The second kappa shape index (κ2) is 6.60. The monoisotopic (exact) mass is 296 g/mol. The lowest BCUT2D eigenvalue weighted by atomic mass is 10.1. The number of hydrogen-bond acceptors (Lipinski definition) is 3. The first kappa shape index (κ1) is 14.6. The number of ether oxygens (including phenoxy) is 1. The number of carbonyl (C=O) groups is 1. The minimum Gasteiger partial charge on any atom is -0.473 e. The largest absolute Gasteiger partial charge is 0.473 e. The van der Waals surface area contributed by atoms with Gasteiger partial charge in [0.2, 0.25) is 11.8 Å². The maximum atomic E-state index is 11.8. The van der Waals surface area contributed by atoms with Gasteiger partial charge in [-0.05, 0) is 24.5 Å². The SMILES string of the molecule is CC(=O)N1CCC[C@H]1c1cccnc1OCc1ccccc1. The lowest BCUT2D eigenvalue weighted by molar-refractivity contribution is -0.129. The molecule has 1 aliphatic rings. The molecular weight excluding hydrogens is 276 g/mol. The molecule has 1 aromatic heterocycles. The van der Waals surface area contributed by atoms with Crippen LogP contribution in [0.4, 0.5) is 0 Å². The van der Waals surface area contributed by atoms with E-state index in [1.165, 1.54) is 0 Å². The van der Waals surface area contributed by atoms with Crippen molar-refractivity contribution in [2.45, 2.75) is 32.4 Å². The summed E-state index contributed by atoms with van der Waals surface area (Å²) >= 11 is 0. The number of aromatic nitrogens is 1. The van der Waals surface area contributed by atoms with Crippen LogP contribution < -0.4 is 4.74 Å². The second-order valence-electron chi connectivity index (χ2n) is 5.54. The fourth-order valence-electron chi connectivity index (χ4n) is 2.97. The Kier molecular flexibility index (Phi) is 4.37. The van der Waals surface area contributed by atoms with Crippen LogP contribution in [0.5, 0.6) is 5.88 Å². The highest BCUT2D eigenvalue weighted by Crippen LogP contribution is 2.36. The van der Waals surface area contributed by atoms with Gasteiger partial charge >= 0.3 is 0 Å². The van der Waals surface area contributed by atoms with Gasteiger partial charge < -0.3 is 9.64 Å². The zero-order chi connectivity index (χ0) is 15.4. The molecular formula is C18H20N2O2. The summed E-state index contributed by atoms with van der Waals surface area (Å²) in [5.41, 5.74) is 2.11. The third-order valence-electron chi connectivity index (χ3n) is 4.04. The molecule has 0 saturated carbocycles. The van der Waals surface area contributed by atoms with Gasteiger partial charge in [-0.2, -0.15) is 0 Å². The van der Waals surface area contributed by atoms with Crippen LogP contribution in [-0.4, -0.2) is 22.3 Å². The van der Waals surface area contributed by atoms with Gasteiger partial charge in [0, 0.05) is 25.2 Å². The molecule has 4 nitrogen and oxygen atoms in total. The maximum Gasteiger partial charge on any atom is 0.219 e. The summed E-state index contributed by atoms with van der Waals surface area (Å²) in [7, 11) is 0. The summed E-state index contributed by atoms with van der Waals surface area (Å²) in [5.74, 6) is 0.741. The molecule has 2 heterocycles. The van der Waals surface area contributed by atoms with Crippen LogP contribution in [-0.2, 0) is 11.4 Å². The van der Waals surface area contributed by atoms with Crippen molar-refractivity contribution in [3.8, 4) is 5.88 Å². The molecule has 22 heavy (non-hydrogen) atoms. The lowest BCUT2D eigenvalue weighted by Crippen LogP contribution is -2.28. The molecule has 1 saturated heterocycles. The van der Waals surface area contributed by atoms with Crippen LogP contribution in [0.1, 0.15) is 36.9 Å². The van der Waals surface area contributed by atoms with Crippen molar-refractivity contribution in [3.05, 3.63) is 59.8 Å². The van der Waals surface area contributed by atoms with Crippen molar-refractivity contribution in [2.24, 2.45) is 0 Å². The molecule has 0 N–H and O–H groups in total. The number of carbonyl (C=O) groups excluding carboxylic acids is 1. The molecule has 0 spiro atoms. The van der Waals surface area contributed by atoms with Crippen molar-refractivity contribution in [2.75, 3.05) is 6.54 Å². The zero-order valence-corrected chi connectivity index (χ0v) is 12.7. The Morgan fingerprint density at radius 1 is 1.27 bits per heavy atom. The number of likely N-dealkylation sites (tertiary alicyclic amines) is 1. The fourth-order valence-corrected chi connectivity index (χ4v) is 2.97. The summed E-state index contributed by atoms with van der Waals surface area (Å²) in [5, 5.41) is 0. The molecule has 2 aromatic rings. The number of amides is 1. The van der Waals surface area contributed by atoms with Crippen molar-refractivity contribution >= 4 is 5.91 Å². The van der Waals surface area contributed by atoms with E-state index in [9.17, 15) is 4.79 Å². The first-order valence-electron chi connectivity index (χ1n) is 7.64. The Morgan fingerprint density at radius 2 is 2.09 bits per heavy atom. The highest BCUT2D eigenvalue weighted by molar-refractivity contribution is 5.74. The van der Waals surface area contributed by atoms with E-state index >= 15 is 0 Å². The number of nitrogens with zero attached hydrogens (tertiary/aromatic N) is 2. The zero-order valence-electron chi connectivity index (χ0n) is 12.7. The Bertz CT molecular complexity index is 643. The van der Waals surface area contributed by atoms with Crippen molar-refractivity contribution in [3.63, 3.8) is 0 Å². The van der Waals surface area contributed by atoms with Crippen molar-refractivity contribution in [1.82, 2.24) is 9.88 Å². The van der Waals surface area contributed by atoms with Gasteiger partial charge in [-0.1, -0.05) is 36.4 Å². The molecule has 0 aliphatic carbocycles. The Hall–Kier alpha value is -2.36. The predicted octanol–water partition coefficient (Wildman–Crippen LogP) is 3.34. The summed E-state index contributed by atoms with van der Waals surface area (Å²) < 4.78 is 5.91. The first-order chi connectivity index (χ1) is 10.8. The van der Waals surface area contributed by atoms with E-state index in [0.717, 1.165) is 30.5 Å². The highest BCUT2D eigenvalue weighted by atomic mass is 16.5. The van der Waals surface area contributed by atoms with Crippen LogP contribution in [0.25, 0.3) is 0 Å². The number of hydrogen-bond donors (Lipinski definition) is 0. The smallest absolute Gasteiger partial charge is 0.219 e. The quantitative estimate of drug-likeness (QED) is 0.869. The van der Waals surface area contributed by atoms with E-state index in [0.29, 0.717) is 12.5 Å². The number of benzene rings is 1. The highest BCUT2D eigenvalue weighted by Gasteiger charge is 2.30. The third-order valence-corrected chi connectivity index (χ3v) is 4.04. The van der Waals surface area contributed by atoms with Crippen LogP contribution >= 0.6 is 0 Å². The van der Waals surface area contributed by atoms with E-state index in [-0.39, 0.29) is 11.9 Å². The molecule has 1 amide bonds. The van der Waals surface area contributed by atoms with Crippen LogP contribution in [0, 0.1) is 0 Å². The van der Waals surface area contributed by atoms with E-state index in [1.54, 1.807) is 13.1 Å². The number of pyridine rings is 1. The van der Waals surface area contributed by atoms with E-state index in [2.05, 4.69) is 4.98 Å². The van der Waals surface area contributed by atoms with Crippen molar-refractivity contribution < 1.29 is 9.53 Å². The lowest BCUT2D eigenvalue weighted by Gasteiger charge is -2.24. The van der Waals surface area contributed by atoms with Gasteiger partial charge in [0.05, 0.1) is 6.04 Å². The second-order valence-corrected chi connectivity index (χ2v) is 5.54. The molecule has 1 aliphatic heterocycles. The first-order valence-corrected chi connectivity index (χ1v) is 7.64. The fraction of sp³-hybridized carbons (Fsp3) is 0.333. The van der Waals surface area contributed by atoms with Gasteiger partial charge in [0.1, 0.15) is 6.61 Å². The van der Waals surface area contributed by atoms with Crippen LogP contribution in [0.15, 0.2) is 48.7 Å². The molecule has 114 valence electrons. The van der Waals surface area contributed by atoms with E-state index in [4.69, 9.17) is 4.74 Å². The molecule has 1 atom stereocenters. The van der Waals surface area contributed by atoms with Gasteiger partial charge in [-0.3, -0.25) is 4.79 Å². The summed E-state index contributed by atoms with van der Waals surface area (Å²) in [6.07, 6.45) is 3.72. The van der Waals surface area contributed by atoms with Crippen LogP contribution in [0.3, 0.4) is 0 Å². The standard InChI is InChI=1S/C18H20N2O2/c1-14(21)20-12-6-10-17(20)16-9-5-11-19-18(16)22-13-15-7-3-2-4-8-15/h2-5,7-9,11,17H,6,10,12-13H2,1H3/t17-/m0/s1. The molecule has 3 rings (SSSR count). The van der Waals surface area contributed by atoms with Crippen LogP contribution in [0.2, 0.25) is 0 Å². The molecule has 1 fully saturated rings. The Labute approximate surface area is 130 Å². The van der Waals surface area contributed by atoms with Crippen molar-refractivity contribution in [1.29, 1.82) is 0 Å². The molecule has 0 unspecified atom stereocenters. The molecule has 1 aromatic carbocycles. The average Bonchev–Trinajstić information content (AvgIpc) is 3.04. The van der Waals surface area contributed by atoms with Gasteiger partial charge in [0.15, 0.2) is 0 Å². The van der Waals surface area contributed by atoms with Gasteiger partial charge in [-0.25, -0.2) is 4.98 Å². The van der Waals surface area contributed by atoms with Gasteiger partial charge in [0.25, 0.3) is 0 Å². The summed E-state index contributed by atoms with van der Waals surface area (Å²) in [4.78, 5) is 18.1. The Balaban J connectivity index is 1.79. The average molecular weight is 296 g/mol. The molecule has 0 radical (unpaired) electrons. The minimum atomic E-state index is 0.0805. The van der Waals surface area contributed by atoms with Gasteiger partial charge in [-0.15, -0.1) is 0 Å². The summed E-state index contributed by atoms with van der Waals surface area (Å²) in [6.45, 7) is 2.92. The predicted molar refractivity (Wildman–Crippen MR) is 84.4 cm³/mol. The van der Waals surface area contributed by atoms with E-state index in [1.807, 2.05) is 47.4 Å². The molecule has 4 heteroatoms.